The van der Waals surface area contributed by atoms with E-state index in [0.717, 1.165) is 41.5 Å². The van der Waals surface area contributed by atoms with E-state index < -0.39 is 23.6 Å². The highest BCUT2D eigenvalue weighted by atomic mass is 32.1. The predicted octanol–water partition coefficient (Wildman–Crippen LogP) is 4.35. The largest absolute Gasteiger partial charge is 0.416 e. The zero-order valence-electron chi connectivity index (χ0n) is 17.0. The van der Waals surface area contributed by atoms with Crippen molar-refractivity contribution < 1.29 is 22.8 Å². The van der Waals surface area contributed by atoms with Gasteiger partial charge >= 0.3 is 6.18 Å². The number of nitrogens with two attached hydrogens (primary N) is 1. The Labute approximate surface area is 176 Å². The molecule has 4 N–H and O–H groups in total. The molecule has 162 valence electrons. The van der Waals surface area contributed by atoms with Crippen LogP contribution >= 0.6 is 11.3 Å². The SMILES string of the molecule is CNCc1cc(C(F)(F)F)ccc1C(=O)Nc1sc2c(c1C(N)=O)CC(C)(C)CC2. The van der Waals surface area contributed by atoms with Crippen molar-refractivity contribution in [1.82, 2.24) is 5.32 Å². The molecule has 1 aliphatic rings. The standard InChI is InChI=1S/C21H24F3N3O2S/c1-20(2)7-6-15-14(9-20)16(17(25)28)19(30-15)27-18(29)13-5-4-12(21(22,23)24)8-11(13)10-26-3/h4-5,8,26H,6-7,9-10H2,1-3H3,(H2,25,28)(H,27,29). The Hall–Kier alpha value is -2.39. The van der Waals surface area contributed by atoms with Gasteiger partial charge in [-0.1, -0.05) is 13.8 Å². The maximum atomic E-state index is 13.1. The highest BCUT2D eigenvalue weighted by Crippen LogP contribution is 2.43. The number of rotatable bonds is 5. The van der Waals surface area contributed by atoms with Crippen LogP contribution in [0.3, 0.4) is 0 Å². The zero-order chi connectivity index (χ0) is 22.3. The minimum absolute atomic E-state index is 0.0208. The van der Waals surface area contributed by atoms with Gasteiger partial charge in [0.05, 0.1) is 11.1 Å². The van der Waals surface area contributed by atoms with E-state index in [1.807, 2.05) is 0 Å². The van der Waals surface area contributed by atoms with E-state index in [2.05, 4.69) is 24.5 Å². The number of hydrogen-bond acceptors (Lipinski definition) is 4. The molecule has 0 atom stereocenters. The van der Waals surface area contributed by atoms with Crippen molar-refractivity contribution in [2.75, 3.05) is 12.4 Å². The van der Waals surface area contributed by atoms with Gasteiger partial charge in [0.2, 0.25) is 0 Å². The molecule has 3 rings (SSSR count). The number of fused-ring (bicyclic) bond motifs is 1. The third-order valence-electron chi connectivity index (χ3n) is 5.29. The van der Waals surface area contributed by atoms with Gasteiger partial charge in [-0.2, -0.15) is 13.2 Å². The molecule has 0 aliphatic heterocycles. The van der Waals surface area contributed by atoms with E-state index in [1.54, 1.807) is 7.05 Å². The number of benzene rings is 1. The summed E-state index contributed by atoms with van der Waals surface area (Å²) in [6.07, 6.45) is -2.08. The Morgan fingerprint density at radius 1 is 1.27 bits per heavy atom. The van der Waals surface area contributed by atoms with Crippen molar-refractivity contribution in [2.24, 2.45) is 11.1 Å². The molecule has 0 saturated carbocycles. The molecule has 0 saturated heterocycles. The molecule has 5 nitrogen and oxygen atoms in total. The Kier molecular flexibility index (Phi) is 5.97. The van der Waals surface area contributed by atoms with Crippen molar-refractivity contribution >= 4 is 28.2 Å². The molecule has 2 amide bonds. The first kappa shape index (κ1) is 22.3. The molecule has 2 aromatic rings. The van der Waals surface area contributed by atoms with E-state index in [4.69, 9.17) is 5.73 Å². The topological polar surface area (TPSA) is 84.2 Å². The van der Waals surface area contributed by atoms with Crippen LogP contribution in [0.5, 0.6) is 0 Å². The molecule has 1 aromatic carbocycles. The average molecular weight is 440 g/mol. The van der Waals surface area contributed by atoms with E-state index in [9.17, 15) is 22.8 Å². The predicted molar refractivity (Wildman–Crippen MR) is 111 cm³/mol. The van der Waals surface area contributed by atoms with Crippen LogP contribution in [0.4, 0.5) is 18.2 Å². The zero-order valence-corrected chi connectivity index (χ0v) is 17.8. The number of nitrogens with one attached hydrogen (secondary N) is 2. The van der Waals surface area contributed by atoms with E-state index in [1.165, 1.54) is 11.3 Å². The fraction of sp³-hybridized carbons (Fsp3) is 0.429. The third kappa shape index (κ3) is 4.52. The smallest absolute Gasteiger partial charge is 0.365 e. The summed E-state index contributed by atoms with van der Waals surface area (Å²) in [7, 11) is 1.59. The number of thiophene rings is 1. The summed E-state index contributed by atoms with van der Waals surface area (Å²) >= 11 is 1.31. The minimum atomic E-state index is -4.50. The maximum absolute atomic E-state index is 13.1. The Balaban J connectivity index is 1.97. The Morgan fingerprint density at radius 2 is 1.97 bits per heavy atom. The molecule has 9 heteroatoms. The van der Waals surface area contributed by atoms with Crippen molar-refractivity contribution in [3.8, 4) is 0 Å². The first-order valence-corrected chi connectivity index (χ1v) is 10.3. The molecule has 1 heterocycles. The quantitative estimate of drug-likeness (QED) is 0.648. The molecule has 1 aromatic heterocycles. The number of anilines is 1. The van der Waals surface area contributed by atoms with E-state index in [0.29, 0.717) is 17.0 Å². The number of primary amides is 1. The van der Waals surface area contributed by atoms with Crippen LogP contribution in [0, 0.1) is 5.41 Å². The number of carbonyl (C=O) groups excluding carboxylic acids is 2. The van der Waals surface area contributed by atoms with Gasteiger partial charge < -0.3 is 16.4 Å². The van der Waals surface area contributed by atoms with Crippen LogP contribution in [0.15, 0.2) is 18.2 Å². The Bertz CT molecular complexity index is 996. The van der Waals surface area contributed by atoms with Crippen LogP contribution in [-0.2, 0) is 25.6 Å². The molecule has 0 bridgehead atoms. The van der Waals surface area contributed by atoms with Crippen LogP contribution in [0.2, 0.25) is 0 Å². The lowest BCUT2D eigenvalue weighted by Crippen LogP contribution is -2.24. The van der Waals surface area contributed by atoms with E-state index >= 15 is 0 Å². The fourth-order valence-corrected chi connectivity index (χ4v) is 4.98. The first-order chi connectivity index (χ1) is 13.9. The summed E-state index contributed by atoms with van der Waals surface area (Å²) in [5, 5.41) is 5.85. The highest BCUT2D eigenvalue weighted by molar-refractivity contribution is 7.17. The van der Waals surface area contributed by atoms with Crippen molar-refractivity contribution in [3.63, 3.8) is 0 Å². The highest BCUT2D eigenvalue weighted by Gasteiger charge is 2.34. The molecular weight excluding hydrogens is 415 g/mol. The number of hydrogen-bond donors (Lipinski definition) is 3. The number of halogens is 3. The fourth-order valence-electron chi connectivity index (χ4n) is 3.77. The van der Waals surface area contributed by atoms with Crippen molar-refractivity contribution in [2.45, 2.75) is 45.8 Å². The minimum Gasteiger partial charge on any atom is -0.365 e. The van der Waals surface area contributed by atoms with Crippen LogP contribution in [-0.4, -0.2) is 18.9 Å². The second-order valence-corrected chi connectivity index (χ2v) is 9.37. The summed E-state index contributed by atoms with van der Waals surface area (Å²) in [5.74, 6) is -1.20. The summed E-state index contributed by atoms with van der Waals surface area (Å²) in [6, 6.07) is 3.00. The maximum Gasteiger partial charge on any atom is 0.416 e. The summed E-state index contributed by atoms with van der Waals surface area (Å²) in [6.45, 7) is 4.32. The lowest BCUT2D eigenvalue weighted by atomic mass is 9.76. The second-order valence-electron chi connectivity index (χ2n) is 8.27. The third-order valence-corrected chi connectivity index (χ3v) is 6.50. The van der Waals surface area contributed by atoms with Crippen LogP contribution in [0.1, 0.15) is 62.6 Å². The van der Waals surface area contributed by atoms with Gasteiger partial charge in [0.1, 0.15) is 5.00 Å². The number of alkyl halides is 3. The van der Waals surface area contributed by atoms with E-state index in [-0.39, 0.29) is 23.1 Å². The number of aryl methyl sites for hydroxylation is 1. The first-order valence-electron chi connectivity index (χ1n) is 9.53. The van der Waals surface area contributed by atoms with Crippen LogP contribution < -0.4 is 16.4 Å². The second kappa shape index (κ2) is 8.03. The van der Waals surface area contributed by atoms with Gasteiger partial charge in [-0.25, -0.2) is 0 Å². The summed E-state index contributed by atoms with van der Waals surface area (Å²) in [4.78, 5) is 26.1. The monoisotopic (exact) mass is 439 g/mol. The van der Waals surface area contributed by atoms with Gasteiger partial charge in [0.25, 0.3) is 11.8 Å². The number of carbonyl (C=O) groups is 2. The van der Waals surface area contributed by atoms with Gasteiger partial charge in [-0.15, -0.1) is 11.3 Å². The van der Waals surface area contributed by atoms with Gasteiger partial charge in [-0.05, 0) is 61.1 Å². The molecule has 1 aliphatic carbocycles. The average Bonchev–Trinajstić information content (AvgIpc) is 2.97. The molecule has 0 spiro atoms. The number of amides is 2. The van der Waals surface area contributed by atoms with Gasteiger partial charge in [0, 0.05) is 17.0 Å². The van der Waals surface area contributed by atoms with Crippen molar-refractivity contribution in [1.29, 1.82) is 0 Å². The van der Waals surface area contributed by atoms with Gasteiger partial charge in [-0.3, -0.25) is 9.59 Å². The molecule has 0 radical (unpaired) electrons. The molecular formula is C21H24F3N3O2S. The lowest BCUT2D eigenvalue weighted by molar-refractivity contribution is -0.137. The van der Waals surface area contributed by atoms with Gasteiger partial charge in [0.15, 0.2) is 0 Å². The normalized spacial score (nSPS) is 15.5. The lowest BCUT2D eigenvalue weighted by Gasteiger charge is -2.29. The summed E-state index contributed by atoms with van der Waals surface area (Å²) < 4.78 is 39.2. The molecule has 0 unspecified atom stereocenters. The van der Waals surface area contributed by atoms with Crippen LogP contribution in [0.25, 0.3) is 0 Å². The van der Waals surface area contributed by atoms with Crippen molar-refractivity contribution in [3.05, 3.63) is 50.9 Å². The Morgan fingerprint density at radius 3 is 2.57 bits per heavy atom. The summed E-state index contributed by atoms with van der Waals surface area (Å²) in [5.41, 5.74) is 6.30. The molecule has 0 fully saturated rings. The molecule has 30 heavy (non-hydrogen) atoms.